The van der Waals surface area contributed by atoms with Gasteiger partial charge in [0.2, 0.25) is 0 Å². The van der Waals surface area contributed by atoms with Crippen molar-refractivity contribution in [2.75, 3.05) is 47.1 Å². The van der Waals surface area contributed by atoms with Gasteiger partial charge in [0.15, 0.2) is 0 Å². The van der Waals surface area contributed by atoms with Crippen molar-refractivity contribution in [3.05, 3.63) is 0 Å². The van der Waals surface area contributed by atoms with Crippen LogP contribution in [0.5, 0.6) is 0 Å². The lowest BCUT2D eigenvalue weighted by Gasteiger charge is -2.29. The molecule has 1 unspecified atom stereocenters. The van der Waals surface area contributed by atoms with Crippen molar-refractivity contribution in [2.24, 2.45) is 0 Å². The van der Waals surface area contributed by atoms with Gasteiger partial charge in [0.1, 0.15) is 0 Å². The number of rotatable bonds is 11. The Morgan fingerprint density at radius 3 is 1.94 bits per heavy atom. The van der Waals surface area contributed by atoms with Gasteiger partial charge in [-0.1, -0.05) is 13.8 Å². The second kappa shape index (κ2) is 11.0. The minimum absolute atomic E-state index is 0.562. The Balaban J connectivity index is 3.88. The maximum Gasteiger partial charge on any atom is 0.0589 e. The van der Waals surface area contributed by atoms with Crippen LogP contribution in [-0.2, 0) is 9.47 Å². The van der Waals surface area contributed by atoms with Gasteiger partial charge in [0.05, 0.1) is 13.2 Å². The Morgan fingerprint density at radius 1 is 1.00 bits per heavy atom. The summed E-state index contributed by atoms with van der Waals surface area (Å²) in [6, 6.07) is 1.13. The Morgan fingerprint density at radius 2 is 1.53 bits per heavy atom. The molecule has 0 amide bonds. The van der Waals surface area contributed by atoms with Crippen LogP contribution in [0.3, 0.4) is 0 Å². The van der Waals surface area contributed by atoms with Crippen LogP contribution in [0.15, 0.2) is 0 Å². The summed E-state index contributed by atoms with van der Waals surface area (Å²) in [5.74, 6) is 0. The van der Waals surface area contributed by atoms with E-state index < -0.39 is 0 Å². The normalized spacial score (nSPS) is 13.6. The van der Waals surface area contributed by atoms with Crippen molar-refractivity contribution in [3.8, 4) is 0 Å². The van der Waals surface area contributed by atoms with Crippen LogP contribution in [0.1, 0.15) is 27.2 Å². The van der Waals surface area contributed by atoms with Crippen molar-refractivity contribution in [1.82, 2.24) is 10.2 Å². The van der Waals surface area contributed by atoms with Crippen molar-refractivity contribution in [1.29, 1.82) is 0 Å². The maximum atomic E-state index is 5.15. The molecule has 0 bridgehead atoms. The van der Waals surface area contributed by atoms with Gasteiger partial charge in [-0.3, -0.25) is 4.90 Å². The van der Waals surface area contributed by atoms with Gasteiger partial charge < -0.3 is 14.8 Å². The summed E-state index contributed by atoms with van der Waals surface area (Å²) in [5.41, 5.74) is 0. The summed E-state index contributed by atoms with van der Waals surface area (Å²) < 4.78 is 10.3. The average Bonchev–Trinajstić information content (AvgIpc) is 2.28. The molecule has 0 fully saturated rings. The van der Waals surface area contributed by atoms with E-state index in [-0.39, 0.29) is 0 Å². The first-order valence-electron chi connectivity index (χ1n) is 6.57. The lowest BCUT2D eigenvalue weighted by atomic mass is 10.2. The molecule has 4 nitrogen and oxygen atoms in total. The van der Waals surface area contributed by atoms with Crippen LogP contribution in [-0.4, -0.2) is 64.1 Å². The second-order valence-electron chi connectivity index (χ2n) is 4.77. The van der Waals surface area contributed by atoms with Crippen LogP contribution in [0.2, 0.25) is 0 Å². The lowest BCUT2D eigenvalue weighted by Crippen LogP contribution is -2.40. The third-order valence-corrected chi connectivity index (χ3v) is 2.90. The van der Waals surface area contributed by atoms with Crippen LogP contribution in [0.25, 0.3) is 0 Å². The zero-order valence-corrected chi connectivity index (χ0v) is 12.2. The van der Waals surface area contributed by atoms with E-state index in [1.807, 2.05) is 0 Å². The summed E-state index contributed by atoms with van der Waals surface area (Å²) in [6.45, 7) is 11.2. The molecule has 0 saturated carbocycles. The predicted molar refractivity (Wildman–Crippen MR) is 72.5 cm³/mol. The molecule has 0 aliphatic heterocycles. The molecule has 0 spiro atoms. The highest BCUT2D eigenvalue weighted by Gasteiger charge is 2.12. The van der Waals surface area contributed by atoms with Crippen molar-refractivity contribution >= 4 is 0 Å². The fourth-order valence-corrected chi connectivity index (χ4v) is 1.73. The minimum Gasteiger partial charge on any atom is -0.383 e. The fraction of sp³-hybridized carbons (Fsp3) is 1.00. The molecule has 0 aliphatic carbocycles. The minimum atomic E-state index is 0.562. The number of methoxy groups -OCH3 is 2. The van der Waals surface area contributed by atoms with Crippen LogP contribution in [0, 0.1) is 0 Å². The van der Waals surface area contributed by atoms with E-state index in [9.17, 15) is 0 Å². The molecule has 0 aromatic carbocycles. The van der Waals surface area contributed by atoms with Gasteiger partial charge in [-0.05, 0) is 19.9 Å². The Hall–Kier alpha value is -0.160. The third-order valence-electron chi connectivity index (χ3n) is 2.90. The maximum absolute atomic E-state index is 5.15. The first-order valence-corrected chi connectivity index (χ1v) is 6.57. The number of nitrogens with one attached hydrogen (secondary N) is 1. The largest absolute Gasteiger partial charge is 0.383 e. The smallest absolute Gasteiger partial charge is 0.0589 e. The van der Waals surface area contributed by atoms with Crippen molar-refractivity contribution in [3.63, 3.8) is 0 Å². The number of nitrogens with zero attached hydrogens (tertiary/aromatic N) is 1. The predicted octanol–water partition coefficient (Wildman–Crippen LogP) is 1.36. The highest BCUT2D eigenvalue weighted by Crippen LogP contribution is 2.03. The molecule has 0 rings (SSSR count). The first-order chi connectivity index (χ1) is 8.11. The molecule has 0 saturated heterocycles. The molecular weight excluding hydrogens is 216 g/mol. The molecule has 104 valence electrons. The molecular formula is C13H30N2O2. The number of ether oxygens (including phenoxy) is 2. The van der Waals surface area contributed by atoms with Crippen molar-refractivity contribution in [2.45, 2.75) is 39.3 Å². The zero-order valence-electron chi connectivity index (χ0n) is 12.2. The Labute approximate surface area is 107 Å². The summed E-state index contributed by atoms with van der Waals surface area (Å²) in [5, 5.41) is 3.45. The Kier molecular flexibility index (Phi) is 10.9. The fourth-order valence-electron chi connectivity index (χ4n) is 1.73. The topological polar surface area (TPSA) is 33.7 Å². The van der Waals surface area contributed by atoms with Gasteiger partial charge in [-0.15, -0.1) is 0 Å². The van der Waals surface area contributed by atoms with Crippen molar-refractivity contribution < 1.29 is 9.47 Å². The van der Waals surface area contributed by atoms with E-state index in [0.717, 1.165) is 39.3 Å². The first kappa shape index (κ1) is 16.8. The van der Waals surface area contributed by atoms with Crippen LogP contribution in [0.4, 0.5) is 0 Å². The monoisotopic (exact) mass is 246 g/mol. The second-order valence-corrected chi connectivity index (χ2v) is 4.77. The van der Waals surface area contributed by atoms with E-state index in [2.05, 4.69) is 31.0 Å². The zero-order chi connectivity index (χ0) is 13.1. The van der Waals surface area contributed by atoms with E-state index in [1.165, 1.54) is 0 Å². The summed E-state index contributed by atoms with van der Waals surface area (Å²) >= 11 is 0. The molecule has 4 heteroatoms. The SMILES string of the molecule is COCCN(CCOC)C(C)CCNC(C)C. The van der Waals surface area contributed by atoms with Gasteiger partial charge >= 0.3 is 0 Å². The molecule has 0 heterocycles. The van der Waals surface area contributed by atoms with Gasteiger partial charge in [0.25, 0.3) is 0 Å². The molecule has 1 N–H and O–H groups in total. The number of hydrogen-bond acceptors (Lipinski definition) is 4. The van der Waals surface area contributed by atoms with E-state index in [1.54, 1.807) is 14.2 Å². The highest BCUT2D eigenvalue weighted by molar-refractivity contribution is 4.69. The quantitative estimate of drug-likeness (QED) is 0.597. The molecule has 0 aliphatic rings. The Bertz CT molecular complexity index is 157. The highest BCUT2D eigenvalue weighted by atomic mass is 16.5. The van der Waals surface area contributed by atoms with E-state index in [0.29, 0.717) is 12.1 Å². The lowest BCUT2D eigenvalue weighted by molar-refractivity contribution is 0.0893. The third kappa shape index (κ3) is 9.53. The van der Waals surface area contributed by atoms with Crippen LogP contribution < -0.4 is 5.32 Å². The van der Waals surface area contributed by atoms with Gasteiger partial charge in [0, 0.05) is 39.4 Å². The van der Waals surface area contributed by atoms with Crippen LogP contribution >= 0.6 is 0 Å². The molecule has 0 aromatic rings. The van der Waals surface area contributed by atoms with Gasteiger partial charge in [-0.25, -0.2) is 0 Å². The summed E-state index contributed by atoms with van der Waals surface area (Å²) in [7, 11) is 3.50. The number of hydrogen-bond donors (Lipinski definition) is 1. The van der Waals surface area contributed by atoms with E-state index in [4.69, 9.17) is 9.47 Å². The molecule has 17 heavy (non-hydrogen) atoms. The summed E-state index contributed by atoms with van der Waals surface area (Å²) in [4.78, 5) is 2.43. The summed E-state index contributed by atoms with van der Waals surface area (Å²) in [6.07, 6.45) is 1.16. The molecule has 1 atom stereocenters. The van der Waals surface area contributed by atoms with Gasteiger partial charge in [-0.2, -0.15) is 0 Å². The molecule has 0 radical (unpaired) electrons. The standard InChI is InChI=1S/C13H30N2O2/c1-12(2)14-7-6-13(3)15(8-10-16-4)9-11-17-5/h12-14H,6-11H2,1-5H3. The van der Waals surface area contributed by atoms with E-state index >= 15 is 0 Å². The average molecular weight is 246 g/mol. The molecule has 0 aromatic heterocycles.